The van der Waals surface area contributed by atoms with E-state index in [1.54, 1.807) is 49.0 Å². The Morgan fingerprint density at radius 2 is 1.87 bits per heavy atom. The highest BCUT2D eigenvalue weighted by Crippen LogP contribution is 2.31. The van der Waals surface area contributed by atoms with Crippen LogP contribution in [0.2, 0.25) is 0 Å². The van der Waals surface area contributed by atoms with Gasteiger partial charge in [0, 0.05) is 28.0 Å². The molecule has 8 heteroatoms. The summed E-state index contributed by atoms with van der Waals surface area (Å²) in [5.41, 5.74) is 2.60. The minimum atomic E-state index is -0.508. The predicted molar refractivity (Wildman–Crippen MR) is 117 cm³/mol. The van der Waals surface area contributed by atoms with Crippen molar-refractivity contribution >= 4 is 29.0 Å². The molecule has 0 aliphatic heterocycles. The molecule has 156 valence electrons. The lowest BCUT2D eigenvalue weighted by atomic mass is 10.2. The number of nitro benzene ring substituents is 1. The number of carbonyl (C=O) groups is 1. The molecule has 0 spiro atoms. The number of anilines is 1. The van der Waals surface area contributed by atoms with E-state index < -0.39 is 10.8 Å². The Hall–Kier alpha value is -3.13. The molecule has 1 amide bonds. The van der Waals surface area contributed by atoms with E-state index in [2.05, 4.69) is 12.2 Å². The number of aryl methyl sites for hydroxylation is 1. The van der Waals surface area contributed by atoms with Gasteiger partial charge in [0.15, 0.2) is 0 Å². The second kappa shape index (κ2) is 9.13. The number of nitro groups is 1. The van der Waals surface area contributed by atoms with Gasteiger partial charge in [0.05, 0.1) is 10.5 Å². The zero-order valence-corrected chi connectivity index (χ0v) is 17.8. The standard InChI is InChI=1S/C22H22FN3O3S/c1-4-11-30-18-9-10-21(26(28)29)20(13-18)24-22(27)19-12-14(2)25(15(19)3)17-7-5-16(23)6-8-17/h5-10,12-13H,4,11H2,1-3H3,(H,24,27). The third-order valence-electron chi connectivity index (χ3n) is 4.65. The van der Waals surface area contributed by atoms with Gasteiger partial charge >= 0.3 is 0 Å². The summed E-state index contributed by atoms with van der Waals surface area (Å²) in [7, 11) is 0. The molecule has 30 heavy (non-hydrogen) atoms. The van der Waals surface area contributed by atoms with Gasteiger partial charge in [-0.3, -0.25) is 14.9 Å². The highest BCUT2D eigenvalue weighted by Gasteiger charge is 2.21. The van der Waals surface area contributed by atoms with Crippen molar-refractivity contribution in [3.05, 3.63) is 81.4 Å². The summed E-state index contributed by atoms with van der Waals surface area (Å²) in [6.45, 7) is 5.68. The van der Waals surface area contributed by atoms with Crippen LogP contribution in [0, 0.1) is 29.8 Å². The molecule has 3 rings (SSSR count). The van der Waals surface area contributed by atoms with Gasteiger partial charge in [-0.1, -0.05) is 6.92 Å². The summed E-state index contributed by atoms with van der Waals surface area (Å²) in [4.78, 5) is 24.7. The third kappa shape index (κ3) is 4.54. The molecule has 1 N–H and O–H groups in total. The Morgan fingerprint density at radius 1 is 1.17 bits per heavy atom. The van der Waals surface area contributed by atoms with Crippen LogP contribution >= 0.6 is 11.8 Å². The fourth-order valence-corrected chi connectivity index (χ4v) is 4.06. The second-order valence-corrected chi connectivity index (χ2v) is 8.00. The number of halogens is 1. The first kappa shape index (κ1) is 21.6. The Morgan fingerprint density at radius 3 is 2.50 bits per heavy atom. The van der Waals surface area contributed by atoms with Crippen LogP contribution in [0.15, 0.2) is 53.4 Å². The summed E-state index contributed by atoms with van der Waals surface area (Å²) in [5, 5.41) is 14.1. The molecule has 0 bridgehead atoms. The molecule has 2 aromatic carbocycles. The normalized spacial score (nSPS) is 10.8. The zero-order valence-electron chi connectivity index (χ0n) is 16.9. The quantitative estimate of drug-likeness (QED) is 0.289. The van der Waals surface area contributed by atoms with E-state index in [9.17, 15) is 19.3 Å². The van der Waals surface area contributed by atoms with Crippen molar-refractivity contribution in [2.75, 3.05) is 11.1 Å². The lowest BCUT2D eigenvalue weighted by Crippen LogP contribution is -2.14. The van der Waals surface area contributed by atoms with Gasteiger partial charge in [-0.15, -0.1) is 11.8 Å². The Balaban J connectivity index is 1.94. The van der Waals surface area contributed by atoms with Crippen molar-refractivity contribution < 1.29 is 14.1 Å². The summed E-state index contributed by atoms with van der Waals surface area (Å²) < 4.78 is 15.1. The molecule has 0 radical (unpaired) electrons. The Bertz CT molecular complexity index is 1090. The lowest BCUT2D eigenvalue weighted by molar-refractivity contribution is -0.384. The van der Waals surface area contributed by atoms with E-state index in [-0.39, 0.29) is 17.2 Å². The molecule has 0 aliphatic rings. The highest BCUT2D eigenvalue weighted by molar-refractivity contribution is 7.99. The number of nitrogens with one attached hydrogen (secondary N) is 1. The topological polar surface area (TPSA) is 77.2 Å². The molecule has 0 saturated carbocycles. The molecule has 0 aliphatic carbocycles. The summed E-state index contributed by atoms with van der Waals surface area (Å²) in [6, 6.07) is 12.4. The fourth-order valence-electron chi connectivity index (χ4n) is 3.25. The Labute approximate surface area is 178 Å². The summed E-state index contributed by atoms with van der Waals surface area (Å²) in [5.74, 6) is 0.105. The maximum Gasteiger partial charge on any atom is 0.292 e. The van der Waals surface area contributed by atoms with Crippen LogP contribution in [0.4, 0.5) is 15.8 Å². The van der Waals surface area contributed by atoms with Crippen LogP contribution in [-0.4, -0.2) is 21.2 Å². The second-order valence-electron chi connectivity index (χ2n) is 6.84. The molecular weight excluding hydrogens is 405 g/mol. The number of amides is 1. The van der Waals surface area contributed by atoms with Crippen molar-refractivity contribution in [1.82, 2.24) is 4.57 Å². The van der Waals surface area contributed by atoms with Crippen LogP contribution in [0.25, 0.3) is 5.69 Å². The van der Waals surface area contributed by atoms with Gasteiger partial charge in [0.1, 0.15) is 11.5 Å². The Kier molecular flexibility index (Phi) is 6.56. The molecule has 1 aromatic heterocycles. The maximum absolute atomic E-state index is 13.3. The average molecular weight is 428 g/mol. The first-order valence-electron chi connectivity index (χ1n) is 9.49. The minimum absolute atomic E-state index is 0.156. The van der Waals surface area contributed by atoms with Crippen molar-refractivity contribution in [3.63, 3.8) is 0 Å². The van der Waals surface area contributed by atoms with Crippen LogP contribution in [0.1, 0.15) is 35.1 Å². The molecular formula is C22H22FN3O3S. The number of carbonyl (C=O) groups excluding carboxylic acids is 1. The van der Waals surface area contributed by atoms with Crippen molar-refractivity contribution in [1.29, 1.82) is 0 Å². The lowest BCUT2D eigenvalue weighted by Gasteiger charge is -2.11. The molecule has 6 nitrogen and oxygen atoms in total. The number of nitrogens with zero attached hydrogens (tertiary/aromatic N) is 2. The van der Waals surface area contributed by atoms with E-state index in [1.807, 2.05) is 11.5 Å². The molecule has 3 aromatic rings. The van der Waals surface area contributed by atoms with E-state index >= 15 is 0 Å². The van der Waals surface area contributed by atoms with Crippen LogP contribution in [0.3, 0.4) is 0 Å². The third-order valence-corrected chi connectivity index (χ3v) is 5.85. The number of thioether (sulfide) groups is 1. The van der Waals surface area contributed by atoms with Crippen molar-refractivity contribution in [3.8, 4) is 5.69 Å². The van der Waals surface area contributed by atoms with Crippen LogP contribution < -0.4 is 5.32 Å². The summed E-state index contributed by atoms with van der Waals surface area (Å²) >= 11 is 1.58. The fraction of sp³-hybridized carbons (Fsp3) is 0.227. The average Bonchev–Trinajstić information content (AvgIpc) is 3.01. The molecule has 0 fully saturated rings. The van der Waals surface area contributed by atoms with E-state index in [0.29, 0.717) is 11.3 Å². The molecule has 0 atom stereocenters. The maximum atomic E-state index is 13.3. The van der Waals surface area contributed by atoms with Gasteiger partial charge in [-0.05, 0) is 68.5 Å². The monoisotopic (exact) mass is 427 g/mol. The number of hydrogen-bond donors (Lipinski definition) is 1. The van der Waals surface area contributed by atoms with E-state index in [0.717, 1.165) is 28.5 Å². The van der Waals surface area contributed by atoms with Gasteiger partial charge in [-0.2, -0.15) is 0 Å². The highest BCUT2D eigenvalue weighted by atomic mass is 32.2. The first-order chi connectivity index (χ1) is 14.3. The number of benzene rings is 2. The summed E-state index contributed by atoms with van der Waals surface area (Å²) in [6.07, 6.45) is 0.971. The number of hydrogen-bond acceptors (Lipinski definition) is 4. The number of rotatable bonds is 7. The zero-order chi connectivity index (χ0) is 21.8. The predicted octanol–water partition coefficient (Wildman–Crippen LogP) is 5.90. The smallest absolute Gasteiger partial charge is 0.292 e. The van der Waals surface area contributed by atoms with Gasteiger partial charge < -0.3 is 9.88 Å². The minimum Gasteiger partial charge on any atom is -0.318 e. The van der Waals surface area contributed by atoms with Gasteiger partial charge in [0.25, 0.3) is 11.6 Å². The van der Waals surface area contributed by atoms with Gasteiger partial charge in [-0.25, -0.2) is 4.39 Å². The van der Waals surface area contributed by atoms with Crippen LogP contribution in [-0.2, 0) is 0 Å². The largest absolute Gasteiger partial charge is 0.318 e. The molecule has 0 saturated heterocycles. The molecule has 0 unspecified atom stereocenters. The van der Waals surface area contributed by atoms with Crippen molar-refractivity contribution in [2.24, 2.45) is 0 Å². The first-order valence-corrected chi connectivity index (χ1v) is 10.5. The number of aromatic nitrogens is 1. The van der Waals surface area contributed by atoms with E-state index in [1.165, 1.54) is 18.2 Å². The van der Waals surface area contributed by atoms with Crippen molar-refractivity contribution in [2.45, 2.75) is 32.1 Å². The SMILES string of the molecule is CCCSc1ccc([N+](=O)[O-])c(NC(=O)c2cc(C)n(-c3ccc(F)cc3)c2C)c1. The van der Waals surface area contributed by atoms with Gasteiger partial charge in [0.2, 0.25) is 0 Å². The van der Waals surface area contributed by atoms with Crippen LogP contribution in [0.5, 0.6) is 0 Å². The van der Waals surface area contributed by atoms with E-state index in [4.69, 9.17) is 0 Å². The molecule has 1 heterocycles.